The zero-order valence-corrected chi connectivity index (χ0v) is 6.57. The van der Waals surface area contributed by atoms with Crippen LogP contribution < -0.4 is 11.6 Å². The van der Waals surface area contributed by atoms with Gasteiger partial charge in [-0.15, -0.1) is 0 Å². The molecule has 2 saturated heterocycles. The molecule has 64 valence electrons. The van der Waals surface area contributed by atoms with E-state index in [2.05, 4.69) is 0 Å². The number of fused-ring (bicyclic) bond motifs is 2. The quantitative estimate of drug-likeness (QED) is 0.432. The van der Waals surface area contributed by atoms with E-state index >= 15 is 0 Å². The van der Waals surface area contributed by atoms with Gasteiger partial charge in [-0.05, 0) is 0 Å². The van der Waals surface area contributed by atoms with Crippen LogP contribution >= 0.6 is 0 Å². The van der Waals surface area contributed by atoms with Crippen LogP contribution in [0.3, 0.4) is 0 Å². The Balaban J connectivity index is 2.07. The van der Waals surface area contributed by atoms with Crippen molar-refractivity contribution >= 4 is 0 Å². The second-order valence-corrected chi connectivity index (χ2v) is 3.59. The number of nitrogens with zero attached hydrogens (tertiary/aromatic N) is 1. The third-order valence-electron chi connectivity index (χ3n) is 2.69. The monoisotopic (exact) mass is 157 g/mol. The fourth-order valence-electron chi connectivity index (χ4n) is 2.00. The van der Waals surface area contributed by atoms with Gasteiger partial charge in [-0.1, -0.05) is 0 Å². The number of nitrogens with two attached hydrogens (primary N) is 2. The Bertz CT molecular complexity index is 139. The Morgan fingerprint density at radius 2 is 1.73 bits per heavy atom. The number of piperidine rings is 1. The summed E-state index contributed by atoms with van der Waals surface area (Å²) >= 11 is 0. The molecule has 4 N–H and O–H groups in total. The SMILES string of the molecule is NC1C2COCC1CN(N)C2. The molecule has 2 bridgehead atoms. The summed E-state index contributed by atoms with van der Waals surface area (Å²) in [6.07, 6.45) is 0. The maximum Gasteiger partial charge on any atom is 0.0522 e. The molecule has 4 heteroatoms. The van der Waals surface area contributed by atoms with Gasteiger partial charge in [0.25, 0.3) is 0 Å². The maximum atomic E-state index is 5.98. The van der Waals surface area contributed by atoms with Crippen LogP contribution in [0.5, 0.6) is 0 Å². The van der Waals surface area contributed by atoms with Gasteiger partial charge in [-0.3, -0.25) is 5.84 Å². The van der Waals surface area contributed by atoms with Crippen LogP contribution in [0.1, 0.15) is 0 Å². The molecule has 0 aliphatic carbocycles. The van der Waals surface area contributed by atoms with E-state index in [0.29, 0.717) is 17.9 Å². The highest BCUT2D eigenvalue weighted by Crippen LogP contribution is 2.24. The molecule has 0 aromatic heterocycles. The van der Waals surface area contributed by atoms with Crippen molar-refractivity contribution in [3.63, 3.8) is 0 Å². The topological polar surface area (TPSA) is 64.5 Å². The van der Waals surface area contributed by atoms with Crippen molar-refractivity contribution in [1.29, 1.82) is 0 Å². The summed E-state index contributed by atoms with van der Waals surface area (Å²) in [7, 11) is 0. The van der Waals surface area contributed by atoms with Crippen molar-refractivity contribution in [2.24, 2.45) is 23.4 Å². The van der Waals surface area contributed by atoms with Crippen molar-refractivity contribution < 1.29 is 4.74 Å². The third-order valence-corrected chi connectivity index (χ3v) is 2.69. The first-order valence-corrected chi connectivity index (χ1v) is 4.10. The van der Waals surface area contributed by atoms with Gasteiger partial charge < -0.3 is 10.5 Å². The minimum atomic E-state index is 0.309. The van der Waals surface area contributed by atoms with Gasteiger partial charge in [0.1, 0.15) is 0 Å². The largest absolute Gasteiger partial charge is 0.381 e. The summed E-state index contributed by atoms with van der Waals surface area (Å²) in [6, 6.07) is 0.309. The lowest BCUT2D eigenvalue weighted by Crippen LogP contribution is -2.60. The molecule has 2 aliphatic rings. The van der Waals surface area contributed by atoms with Crippen LogP contribution in [0.4, 0.5) is 0 Å². The molecular formula is C7H15N3O. The predicted octanol–water partition coefficient (Wildman–Crippen LogP) is -1.23. The third kappa shape index (κ3) is 1.27. The molecule has 2 fully saturated rings. The van der Waals surface area contributed by atoms with Crippen LogP contribution in [-0.2, 0) is 4.74 Å². The van der Waals surface area contributed by atoms with Crippen molar-refractivity contribution in [1.82, 2.24) is 5.01 Å². The highest BCUT2D eigenvalue weighted by Gasteiger charge is 2.36. The Hall–Kier alpha value is -0.160. The van der Waals surface area contributed by atoms with Crippen molar-refractivity contribution in [3.05, 3.63) is 0 Å². The minimum absolute atomic E-state index is 0.309. The van der Waals surface area contributed by atoms with Gasteiger partial charge in [-0.25, -0.2) is 5.01 Å². The van der Waals surface area contributed by atoms with Gasteiger partial charge in [0.15, 0.2) is 0 Å². The summed E-state index contributed by atoms with van der Waals surface area (Å²) in [5.74, 6) is 6.61. The molecule has 0 aromatic rings. The van der Waals surface area contributed by atoms with Crippen molar-refractivity contribution in [2.75, 3.05) is 26.3 Å². The molecule has 0 saturated carbocycles. The molecule has 0 radical (unpaired) electrons. The summed E-state index contributed by atoms with van der Waals surface area (Å²) in [5.41, 5.74) is 5.98. The van der Waals surface area contributed by atoms with Gasteiger partial charge >= 0.3 is 0 Å². The molecule has 0 spiro atoms. The van der Waals surface area contributed by atoms with Gasteiger partial charge in [-0.2, -0.15) is 0 Å². The fourth-order valence-corrected chi connectivity index (χ4v) is 2.00. The summed E-state index contributed by atoms with van der Waals surface area (Å²) in [5, 5.41) is 1.86. The number of rotatable bonds is 0. The first-order chi connectivity index (χ1) is 5.27. The number of hydrogen-bond acceptors (Lipinski definition) is 4. The molecule has 2 atom stereocenters. The smallest absolute Gasteiger partial charge is 0.0522 e. The second kappa shape index (κ2) is 2.71. The molecule has 2 rings (SSSR count). The summed E-state index contributed by atoms with van der Waals surface area (Å²) in [6.45, 7) is 3.34. The van der Waals surface area contributed by atoms with E-state index in [-0.39, 0.29) is 0 Å². The molecule has 0 amide bonds. The Kier molecular flexibility index (Phi) is 1.85. The molecule has 0 aromatic carbocycles. The number of hydrazine groups is 1. The zero-order valence-electron chi connectivity index (χ0n) is 6.57. The van der Waals surface area contributed by atoms with E-state index in [9.17, 15) is 0 Å². The summed E-state index contributed by atoms with van der Waals surface area (Å²) < 4.78 is 5.39. The van der Waals surface area contributed by atoms with Gasteiger partial charge in [0.2, 0.25) is 0 Å². The first-order valence-electron chi connectivity index (χ1n) is 4.10. The Morgan fingerprint density at radius 3 is 2.27 bits per heavy atom. The minimum Gasteiger partial charge on any atom is -0.381 e. The average molecular weight is 157 g/mol. The standard InChI is InChI=1S/C7H15N3O/c8-7-5-1-10(9)2-6(7)4-11-3-5/h5-7H,1-4,8-9H2. The number of ether oxygens (including phenoxy) is 1. The van der Waals surface area contributed by atoms with Crippen LogP contribution in [0, 0.1) is 11.8 Å². The van der Waals surface area contributed by atoms with E-state index in [1.807, 2.05) is 5.01 Å². The van der Waals surface area contributed by atoms with E-state index in [0.717, 1.165) is 26.3 Å². The summed E-state index contributed by atoms with van der Waals surface area (Å²) in [4.78, 5) is 0. The lowest BCUT2D eigenvalue weighted by atomic mass is 9.84. The molecule has 4 nitrogen and oxygen atoms in total. The molecule has 2 unspecified atom stereocenters. The first kappa shape index (κ1) is 7.49. The number of hydrogen-bond donors (Lipinski definition) is 2. The molecule has 11 heavy (non-hydrogen) atoms. The highest BCUT2D eigenvalue weighted by atomic mass is 16.5. The van der Waals surface area contributed by atoms with Crippen molar-refractivity contribution in [3.8, 4) is 0 Å². The Morgan fingerprint density at radius 1 is 1.18 bits per heavy atom. The predicted molar refractivity (Wildman–Crippen MR) is 41.5 cm³/mol. The maximum absolute atomic E-state index is 5.98. The second-order valence-electron chi connectivity index (χ2n) is 3.59. The molecule has 2 heterocycles. The Labute approximate surface area is 66.4 Å². The lowest BCUT2D eigenvalue weighted by molar-refractivity contribution is -0.0549. The van der Waals surface area contributed by atoms with Crippen molar-refractivity contribution in [2.45, 2.75) is 6.04 Å². The van der Waals surface area contributed by atoms with E-state index in [1.165, 1.54) is 0 Å². The van der Waals surface area contributed by atoms with Crippen LogP contribution in [0.2, 0.25) is 0 Å². The zero-order chi connectivity index (χ0) is 7.84. The normalized spacial score (nSPS) is 45.8. The van der Waals surface area contributed by atoms with E-state index in [4.69, 9.17) is 16.3 Å². The van der Waals surface area contributed by atoms with Crippen LogP contribution in [-0.4, -0.2) is 37.4 Å². The van der Waals surface area contributed by atoms with Crippen LogP contribution in [0.15, 0.2) is 0 Å². The van der Waals surface area contributed by atoms with Crippen LogP contribution in [0.25, 0.3) is 0 Å². The van der Waals surface area contributed by atoms with E-state index < -0.39 is 0 Å². The molecule has 2 aliphatic heterocycles. The lowest BCUT2D eigenvalue weighted by Gasteiger charge is -2.43. The highest BCUT2D eigenvalue weighted by molar-refractivity contribution is 4.90. The fraction of sp³-hybridized carbons (Fsp3) is 1.00. The average Bonchev–Trinajstić information content (AvgIpc) is 1.92. The van der Waals surface area contributed by atoms with Gasteiger partial charge in [0.05, 0.1) is 13.2 Å². The van der Waals surface area contributed by atoms with Gasteiger partial charge in [0, 0.05) is 31.0 Å². The molecular weight excluding hydrogens is 142 g/mol. The van der Waals surface area contributed by atoms with E-state index in [1.54, 1.807) is 0 Å².